The van der Waals surface area contributed by atoms with E-state index in [1.165, 1.54) is 24.2 Å². The van der Waals surface area contributed by atoms with Gasteiger partial charge < -0.3 is 10.2 Å². The summed E-state index contributed by atoms with van der Waals surface area (Å²) in [5.41, 5.74) is 0.434. The molecule has 5 nitrogen and oxygen atoms in total. The van der Waals surface area contributed by atoms with Crippen molar-refractivity contribution >= 4 is 33.6 Å². The highest BCUT2D eigenvalue weighted by Gasteiger charge is 2.35. The molecule has 22 heavy (non-hydrogen) atoms. The Morgan fingerprint density at radius 3 is 2.86 bits per heavy atom. The summed E-state index contributed by atoms with van der Waals surface area (Å²) in [6.07, 6.45) is 4.85. The van der Waals surface area contributed by atoms with E-state index >= 15 is 0 Å². The van der Waals surface area contributed by atoms with Crippen molar-refractivity contribution in [2.24, 2.45) is 5.92 Å². The molecule has 6 heteroatoms. The summed E-state index contributed by atoms with van der Waals surface area (Å²) in [6, 6.07) is 3.82. The molecule has 114 valence electrons. The number of carbonyl (C=O) groups is 2. The molecule has 0 radical (unpaired) electrons. The van der Waals surface area contributed by atoms with Gasteiger partial charge in [-0.25, -0.2) is 0 Å². The number of thiophene rings is 1. The first-order chi connectivity index (χ1) is 10.7. The number of pyridine rings is 1. The van der Waals surface area contributed by atoms with Crippen molar-refractivity contribution in [3.8, 4) is 0 Å². The van der Waals surface area contributed by atoms with Crippen LogP contribution in [0, 0.1) is 5.92 Å². The fourth-order valence-corrected chi connectivity index (χ4v) is 4.40. The van der Waals surface area contributed by atoms with Crippen LogP contribution >= 0.6 is 11.3 Å². The van der Waals surface area contributed by atoms with Gasteiger partial charge in [-0.3, -0.25) is 14.6 Å². The van der Waals surface area contributed by atoms with Gasteiger partial charge in [-0.1, -0.05) is 0 Å². The number of fused-ring (bicyclic) bond motifs is 4. The van der Waals surface area contributed by atoms with Gasteiger partial charge in [0, 0.05) is 28.9 Å². The second-order valence-corrected chi connectivity index (χ2v) is 7.21. The molecule has 2 aromatic heterocycles. The van der Waals surface area contributed by atoms with Gasteiger partial charge in [-0.05, 0) is 44.0 Å². The third-order valence-corrected chi connectivity index (χ3v) is 5.77. The maximum Gasteiger partial charge on any atom is 0.270 e. The van der Waals surface area contributed by atoms with E-state index in [0.717, 1.165) is 36.0 Å². The van der Waals surface area contributed by atoms with Gasteiger partial charge in [0.2, 0.25) is 0 Å². The maximum atomic E-state index is 12.5. The lowest BCUT2D eigenvalue weighted by Crippen LogP contribution is -2.57. The molecule has 2 bridgehead atoms. The van der Waals surface area contributed by atoms with Crippen LogP contribution in [0.4, 0.5) is 0 Å². The number of carbonyl (C=O) groups excluding carboxylic acids is 2. The van der Waals surface area contributed by atoms with Crippen LogP contribution in [-0.4, -0.2) is 47.8 Å². The minimum Gasteiger partial charge on any atom is -0.346 e. The van der Waals surface area contributed by atoms with Crippen molar-refractivity contribution < 1.29 is 9.59 Å². The number of hydrogen-bond donors (Lipinski definition) is 1. The standard InChI is InChI=1S/C16H17N3O2S/c20-9-12-5-11-7-17-13(6-15(11)22-12)16(21)18-14-8-19-3-1-10(14)2-4-19/h5-7,9-10,14H,1-4,8H2,(H,18,21)/t14-/m0/s1. The molecular formula is C16H17N3O2S. The van der Waals surface area contributed by atoms with Gasteiger partial charge in [-0.2, -0.15) is 0 Å². The Labute approximate surface area is 132 Å². The number of amides is 1. The van der Waals surface area contributed by atoms with Crippen molar-refractivity contribution in [3.63, 3.8) is 0 Å². The van der Waals surface area contributed by atoms with Gasteiger partial charge in [0.05, 0.1) is 4.88 Å². The topological polar surface area (TPSA) is 62.3 Å². The van der Waals surface area contributed by atoms with E-state index in [0.29, 0.717) is 16.5 Å². The van der Waals surface area contributed by atoms with Crippen LogP contribution in [0.3, 0.4) is 0 Å². The smallest absolute Gasteiger partial charge is 0.270 e. The molecule has 2 aromatic rings. The molecule has 1 N–H and O–H groups in total. The highest BCUT2D eigenvalue weighted by molar-refractivity contribution is 7.20. The number of hydrogen-bond acceptors (Lipinski definition) is 5. The molecule has 0 spiro atoms. The highest BCUT2D eigenvalue weighted by atomic mass is 32.1. The van der Waals surface area contributed by atoms with Crippen LogP contribution in [0.1, 0.15) is 33.0 Å². The first-order valence-electron chi connectivity index (χ1n) is 7.61. The first kappa shape index (κ1) is 13.8. The third kappa shape index (κ3) is 2.42. The summed E-state index contributed by atoms with van der Waals surface area (Å²) < 4.78 is 0.927. The molecule has 3 fully saturated rings. The van der Waals surface area contributed by atoms with E-state index in [-0.39, 0.29) is 11.9 Å². The quantitative estimate of drug-likeness (QED) is 0.879. The van der Waals surface area contributed by atoms with Crippen LogP contribution in [0.25, 0.3) is 10.1 Å². The minimum absolute atomic E-state index is 0.110. The fraction of sp³-hybridized carbons (Fsp3) is 0.438. The number of aromatic nitrogens is 1. The number of rotatable bonds is 3. The lowest BCUT2D eigenvalue weighted by molar-refractivity contribution is 0.0618. The lowest BCUT2D eigenvalue weighted by atomic mass is 9.84. The van der Waals surface area contributed by atoms with E-state index in [2.05, 4.69) is 15.2 Å². The van der Waals surface area contributed by atoms with Gasteiger partial charge >= 0.3 is 0 Å². The van der Waals surface area contributed by atoms with E-state index < -0.39 is 0 Å². The Morgan fingerprint density at radius 2 is 2.18 bits per heavy atom. The number of nitrogens with one attached hydrogen (secondary N) is 1. The van der Waals surface area contributed by atoms with Crippen LogP contribution < -0.4 is 5.32 Å². The molecule has 0 unspecified atom stereocenters. The Kier molecular flexibility index (Phi) is 3.43. The van der Waals surface area contributed by atoms with Crippen molar-refractivity contribution in [2.75, 3.05) is 19.6 Å². The molecule has 0 saturated carbocycles. The number of nitrogens with zero attached hydrogens (tertiary/aromatic N) is 2. The third-order valence-electron chi connectivity index (χ3n) is 4.74. The molecule has 1 amide bonds. The molecule has 3 aliphatic rings. The molecule has 3 saturated heterocycles. The van der Waals surface area contributed by atoms with Crippen LogP contribution in [0.2, 0.25) is 0 Å². The molecule has 5 rings (SSSR count). The SMILES string of the molecule is O=Cc1cc2cnc(C(=O)N[C@H]3CN4CCC3CC4)cc2s1. The summed E-state index contributed by atoms with van der Waals surface area (Å²) in [5, 5.41) is 4.05. The number of piperidine rings is 3. The van der Waals surface area contributed by atoms with E-state index in [9.17, 15) is 9.59 Å². The number of aldehydes is 1. The van der Waals surface area contributed by atoms with Gasteiger partial charge in [0.1, 0.15) is 5.69 Å². The van der Waals surface area contributed by atoms with E-state index in [4.69, 9.17) is 0 Å². The zero-order chi connectivity index (χ0) is 15.1. The summed E-state index contributed by atoms with van der Waals surface area (Å²) in [6.45, 7) is 3.27. The van der Waals surface area contributed by atoms with E-state index in [1.54, 1.807) is 18.3 Å². The Morgan fingerprint density at radius 1 is 1.36 bits per heavy atom. The highest BCUT2D eigenvalue weighted by Crippen LogP contribution is 2.28. The van der Waals surface area contributed by atoms with Crippen LogP contribution in [-0.2, 0) is 0 Å². The minimum atomic E-state index is -0.110. The summed E-state index contributed by atoms with van der Waals surface area (Å²) in [7, 11) is 0. The maximum absolute atomic E-state index is 12.5. The molecule has 0 aliphatic carbocycles. The largest absolute Gasteiger partial charge is 0.346 e. The van der Waals surface area contributed by atoms with Crippen molar-refractivity contribution in [3.05, 3.63) is 28.9 Å². The molecule has 0 aromatic carbocycles. The average Bonchev–Trinajstić information content (AvgIpc) is 2.98. The molecule has 5 heterocycles. The Hall–Kier alpha value is -1.79. The summed E-state index contributed by atoms with van der Waals surface area (Å²) in [4.78, 5) is 30.6. The monoisotopic (exact) mass is 315 g/mol. The molecule has 1 atom stereocenters. The summed E-state index contributed by atoms with van der Waals surface area (Å²) in [5.74, 6) is 0.489. The van der Waals surface area contributed by atoms with Crippen LogP contribution in [0.15, 0.2) is 18.3 Å². The zero-order valence-electron chi connectivity index (χ0n) is 12.1. The van der Waals surface area contributed by atoms with Gasteiger partial charge in [0.15, 0.2) is 6.29 Å². The second-order valence-electron chi connectivity index (χ2n) is 6.09. The first-order valence-corrected chi connectivity index (χ1v) is 8.42. The molecule has 3 aliphatic heterocycles. The predicted octanol–water partition coefficient (Wildman–Crippen LogP) is 1.93. The average molecular weight is 315 g/mol. The summed E-state index contributed by atoms with van der Waals surface area (Å²) >= 11 is 1.39. The van der Waals surface area contributed by atoms with Crippen molar-refractivity contribution in [2.45, 2.75) is 18.9 Å². The lowest BCUT2D eigenvalue weighted by Gasteiger charge is -2.44. The normalized spacial score (nSPS) is 27.0. The Bertz CT molecular complexity index is 734. The van der Waals surface area contributed by atoms with Gasteiger partial charge in [0.25, 0.3) is 5.91 Å². The van der Waals surface area contributed by atoms with Crippen LogP contribution in [0.5, 0.6) is 0 Å². The van der Waals surface area contributed by atoms with Crippen molar-refractivity contribution in [1.29, 1.82) is 0 Å². The molecular weight excluding hydrogens is 298 g/mol. The van der Waals surface area contributed by atoms with Gasteiger partial charge in [-0.15, -0.1) is 11.3 Å². The zero-order valence-corrected chi connectivity index (χ0v) is 12.9. The fourth-order valence-electron chi connectivity index (χ4n) is 3.51. The van der Waals surface area contributed by atoms with Crippen molar-refractivity contribution in [1.82, 2.24) is 15.2 Å². The predicted molar refractivity (Wildman–Crippen MR) is 85.4 cm³/mol. The van der Waals surface area contributed by atoms with E-state index in [1.807, 2.05) is 0 Å². The second kappa shape index (κ2) is 5.44. The Balaban J connectivity index is 1.53.